The van der Waals surface area contributed by atoms with Gasteiger partial charge in [0.2, 0.25) is 5.91 Å². The molecule has 0 aliphatic carbocycles. The second-order valence-corrected chi connectivity index (χ2v) is 6.06. The molecule has 2 heterocycles. The SMILES string of the molecule is Cc1ccc(NC(=O)CSc2nncn2Cc2ccco2)cc1F. The van der Waals surface area contributed by atoms with Gasteiger partial charge in [0.05, 0.1) is 18.6 Å². The second kappa shape index (κ2) is 7.31. The van der Waals surface area contributed by atoms with E-state index in [1.165, 1.54) is 17.8 Å². The van der Waals surface area contributed by atoms with E-state index in [-0.39, 0.29) is 17.5 Å². The summed E-state index contributed by atoms with van der Waals surface area (Å²) in [5.74, 6) is 0.331. The van der Waals surface area contributed by atoms with Crippen LogP contribution in [0.15, 0.2) is 52.5 Å². The molecule has 0 radical (unpaired) electrons. The molecule has 0 bridgehead atoms. The summed E-state index contributed by atoms with van der Waals surface area (Å²) in [6, 6.07) is 8.25. The molecule has 124 valence electrons. The van der Waals surface area contributed by atoms with Crippen LogP contribution < -0.4 is 5.32 Å². The first-order chi connectivity index (χ1) is 11.6. The number of hydrogen-bond acceptors (Lipinski definition) is 5. The number of thioether (sulfide) groups is 1. The lowest BCUT2D eigenvalue weighted by molar-refractivity contribution is -0.113. The van der Waals surface area contributed by atoms with E-state index in [1.807, 2.05) is 6.07 Å². The van der Waals surface area contributed by atoms with E-state index in [0.717, 1.165) is 5.76 Å². The van der Waals surface area contributed by atoms with Crippen LogP contribution >= 0.6 is 11.8 Å². The van der Waals surface area contributed by atoms with Crippen LogP contribution in [-0.2, 0) is 11.3 Å². The normalized spacial score (nSPS) is 10.8. The molecule has 0 saturated carbocycles. The zero-order chi connectivity index (χ0) is 16.9. The van der Waals surface area contributed by atoms with Gasteiger partial charge in [-0.2, -0.15) is 0 Å². The number of benzene rings is 1. The smallest absolute Gasteiger partial charge is 0.234 e. The molecule has 0 spiro atoms. The maximum Gasteiger partial charge on any atom is 0.234 e. The first-order valence-corrected chi connectivity index (χ1v) is 8.19. The number of hydrogen-bond donors (Lipinski definition) is 1. The van der Waals surface area contributed by atoms with Crippen molar-refractivity contribution in [1.82, 2.24) is 14.8 Å². The van der Waals surface area contributed by atoms with Crippen molar-refractivity contribution in [2.45, 2.75) is 18.6 Å². The molecule has 8 heteroatoms. The number of carbonyl (C=O) groups is 1. The summed E-state index contributed by atoms with van der Waals surface area (Å²) >= 11 is 1.25. The first kappa shape index (κ1) is 16.3. The molecule has 0 unspecified atom stereocenters. The maximum absolute atomic E-state index is 13.5. The topological polar surface area (TPSA) is 73.0 Å². The lowest BCUT2D eigenvalue weighted by atomic mass is 10.2. The van der Waals surface area contributed by atoms with Crippen molar-refractivity contribution in [2.24, 2.45) is 0 Å². The van der Waals surface area contributed by atoms with Crippen molar-refractivity contribution < 1.29 is 13.6 Å². The van der Waals surface area contributed by atoms with Gasteiger partial charge in [-0.05, 0) is 36.8 Å². The van der Waals surface area contributed by atoms with Crippen molar-refractivity contribution in [3.63, 3.8) is 0 Å². The molecule has 3 aromatic rings. The summed E-state index contributed by atoms with van der Waals surface area (Å²) in [5.41, 5.74) is 0.967. The average molecular weight is 346 g/mol. The fourth-order valence-electron chi connectivity index (χ4n) is 2.03. The summed E-state index contributed by atoms with van der Waals surface area (Å²) in [6.45, 7) is 2.16. The maximum atomic E-state index is 13.5. The van der Waals surface area contributed by atoms with E-state index in [0.29, 0.717) is 23.0 Å². The summed E-state index contributed by atoms with van der Waals surface area (Å²) in [7, 11) is 0. The molecular formula is C16H15FN4O2S. The molecule has 1 N–H and O–H groups in total. The van der Waals surface area contributed by atoms with Gasteiger partial charge in [-0.25, -0.2) is 4.39 Å². The van der Waals surface area contributed by atoms with Crippen molar-refractivity contribution in [1.29, 1.82) is 0 Å². The van der Waals surface area contributed by atoms with Gasteiger partial charge in [0.1, 0.15) is 17.9 Å². The molecule has 3 rings (SSSR count). The number of aryl methyl sites for hydroxylation is 1. The molecule has 2 aromatic heterocycles. The predicted molar refractivity (Wildman–Crippen MR) is 88.3 cm³/mol. The van der Waals surface area contributed by atoms with Gasteiger partial charge in [-0.3, -0.25) is 4.79 Å². The third-order valence-electron chi connectivity index (χ3n) is 3.27. The number of anilines is 1. The number of rotatable bonds is 6. The molecule has 1 amide bonds. The zero-order valence-corrected chi connectivity index (χ0v) is 13.7. The van der Waals surface area contributed by atoms with Gasteiger partial charge < -0.3 is 14.3 Å². The average Bonchev–Trinajstić information content (AvgIpc) is 3.21. The fraction of sp³-hybridized carbons (Fsp3) is 0.188. The number of carbonyl (C=O) groups excluding carboxylic acids is 1. The van der Waals surface area contributed by atoms with Crippen LogP contribution in [0.1, 0.15) is 11.3 Å². The molecule has 0 aliphatic rings. The van der Waals surface area contributed by atoms with Gasteiger partial charge in [0, 0.05) is 5.69 Å². The number of halogens is 1. The van der Waals surface area contributed by atoms with Crippen molar-refractivity contribution >= 4 is 23.4 Å². The quantitative estimate of drug-likeness (QED) is 0.694. The Bertz CT molecular complexity index is 832. The highest BCUT2D eigenvalue weighted by Crippen LogP contribution is 2.18. The van der Waals surface area contributed by atoms with Crippen LogP contribution in [0.4, 0.5) is 10.1 Å². The number of amides is 1. The number of nitrogens with one attached hydrogen (secondary N) is 1. The van der Waals surface area contributed by atoms with E-state index >= 15 is 0 Å². The lowest BCUT2D eigenvalue weighted by Gasteiger charge is -2.07. The van der Waals surface area contributed by atoms with Crippen molar-refractivity contribution in [3.05, 3.63) is 60.1 Å². The lowest BCUT2D eigenvalue weighted by Crippen LogP contribution is -2.15. The minimum absolute atomic E-state index is 0.145. The summed E-state index contributed by atoms with van der Waals surface area (Å²) in [6.07, 6.45) is 3.18. The van der Waals surface area contributed by atoms with E-state index < -0.39 is 0 Å². The predicted octanol–water partition coefficient (Wildman–Crippen LogP) is 3.10. The van der Waals surface area contributed by atoms with Crippen LogP contribution in [0.2, 0.25) is 0 Å². The van der Waals surface area contributed by atoms with Crippen LogP contribution in [0.3, 0.4) is 0 Å². The summed E-state index contributed by atoms with van der Waals surface area (Å²) in [5, 5.41) is 11.1. The highest BCUT2D eigenvalue weighted by Gasteiger charge is 2.11. The summed E-state index contributed by atoms with van der Waals surface area (Å²) < 4.78 is 20.6. The Balaban J connectivity index is 1.56. The van der Waals surface area contributed by atoms with Crippen LogP contribution in [0, 0.1) is 12.7 Å². The molecular weight excluding hydrogens is 331 g/mol. The van der Waals surface area contributed by atoms with E-state index in [9.17, 15) is 9.18 Å². The highest BCUT2D eigenvalue weighted by atomic mass is 32.2. The van der Waals surface area contributed by atoms with Gasteiger partial charge in [0.15, 0.2) is 5.16 Å². The number of furan rings is 1. The molecule has 0 saturated heterocycles. The number of nitrogens with zero attached hydrogens (tertiary/aromatic N) is 3. The van der Waals surface area contributed by atoms with E-state index in [4.69, 9.17) is 4.42 Å². The van der Waals surface area contributed by atoms with Gasteiger partial charge in [-0.15, -0.1) is 10.2 Å². The molecule has 1 aromatic carbocycles. The third kappa shape index (κ3) is 4.02. The van der Waals surface area contributed by atoms with Crippen LogP contribution in [-0.4, -0.2) is 26.4 Å². The van der Waals surface area contributed by atoms with Crippen LogP contribution in [0.25, 0.3) is 0 Å². The molecule has 24 heavy (non-hydrogen) atoms. The third-order valence-corrected chi connectivity index (χ3v) is 4.26. The standard InChI is InChI=1S/C16H15FN4O2S/c1-11-4-5-12(7-14(11)17)19-15(22)9-24-16-20-18-10-21(16)8-13-3-2-6-23-13/h2-7,10H,8-9H2,1H3,(H,19,22). The number of aromatic nitrogens is 3. The largest absolute Gasteiger partial charge is 0.467 e. The second-order valence-electron chi connectivity index (χ2n) is 5.12. The minimum atomic E-state index is -0.348. The fourth-order valence-corrected chi connectivity index (χ4v) is 2.75. The van der Waals surface area contributed by atoms with Crippen molar-refractivity contribution in [3.8, 4) is 0 Å². The van der Waals surface area contributed by atoms with E-state index in [1.54, 1.807) is 42.3 Å². The van der Waals surface area contributed by atoms with Gasteiger partial charge in [0.25, 0.3) is 0 Å². The van der Waals surface area contributed by atoms with Gasteiger partial charge in [-0.1, -0.05) is 17.8 Å². The Morgan fingerprint density at radius 1 is 1.42 bits per heavy atom. The zero-order valence-electron chi connectivity index (χ0n) is 12.9. The molecule has 6 nitrogen and oxygen atoms in total. The first-order valence-electron chi connectivity index (χ1n) is 7.21. The van der Waals surface area contributed by atoms with E-state index in [2.05, 4.69) is 15.5 Å². The Morgan fingerprint density at radius 3 is 3.04 bits per heavy atom. The Morgan fingerprint density at radius 2 is 2.29 bits per heavy atom. The Hall–Kier alpha value is -2.61. The minimum Gasteiger partial charge on any atom is -0.467 e. The van der Waals surface area contributed by atoms with Crippen LogP contribution in [0.5, 0.6) is 0 Å². The highest BCUT2D eigenvalue weighted by molar-refractivity contribution is 7.99. The molecule has 0 fully saturated rings. The molecule has 0 aliphatic heterocycles. The Kier molecular flexibility index (Phi) is 4.95. The Labute approximate surface area is 142 Å². The van der Waals surface area contributed by atoms with Gasteiger partial charge >= 0.3 is 0 Å². The monoisotopic (exact) mass is 346 g/mol. The van der Waals surface area contributed by atoms with Crippen molar-refractivity contribution in [2.75, 3.05) is 11.1 Å². The molecule has 0 atom stereocenters. The summed E-state index contributed by atoms with van der Waals surface area (Å²) in [4.78, 5) is 12.0.